The van der Waals surface area contributed by atoms with Crippen LogP contribution in [-0.4, -0.2) is 78.1 Å². The van der Waals surface area contributed by atoms with Gasteiger partial charge in [-0.15, -0.1) is 11.8 Å². The molecule has 17 heteroatoms. The average molecular weight is 616 g/mol. The molecule has 0 saturated carbocycles. The van der Waals surface area contributed by atoms with E-state index in [1.807, 2.05) is 6.07 Å². The Bertz CT molecular complexity index is 1320. The number of nitrogen functional groups attached to an aromatic ring is 1. The minimum absolute atomic E-state index is 0.0464. The second-order valence-corrected chi connectivity index (χ2v) is 12.8. The molecular formula is C21H22ClN7O5S4. The molecule has 0 aromatic carbocycles. The van der Waals surface area contributed by atoms with Crippen molar-refractivity contribution in [2.75, 3.05) is 23.8 Å². The number of pyridine rings is 1. The number of aliphatic carboxylic acids is 1. The van der Waals surface area contributed by atoms with Gasteiger partial charge in [-0.3, -0.25) is 19.5 Å². The Morgan fingerprint density at radius 1 is 1.39 bits per heavy atom. The van der Waals surface area contributed by atoms with Gasteiger partial charge < -0.3 is 27.1 Å². The summed E-state index contributed by atoms with van der Waals surface area (Å²) in [6.07, 6.45) is 4.28. The van der Waals surface area contributed by atoms with Gasteiger partial charge in [0, 0.05) is 33.7 Å². The number of oxime groups is 1. The maximum Gasteiger partial charge on any atom is 0.353 e. The zero-order valence-corrected chi connectivity index (χ0v) is 23.5. The second-order valence-electron chi connectivity index (χ2n) is 7.84. The van der Waals surface area contributed by atoms with Gasteiger partial charge in [-0.25, -0.2) is 9.78 Å². The van der Waals surface area contributed by atoms with Gasteiger partial charge in [-0.1, -0.05) is 39.9 Å². The van der Waals surface area contributed by atoms with Gasteiger partial charge in [-0.2, -0.15) is 11.8 Å². The van der Waals surface area contributed by atoms with Crippen LogP contribution in [0.25, 0.3) is 0 Å². The van der Waals surface area contributed by atoms with Crippen LogP contribution in [0.5, 0.6) is 0 Å². The van der Waals surface area contributed by atoms with E-state index in [4.69, 9.17) is 23.1 Å². The first kappa shape index (κ1) is 28.5. The smallest absolute Gasteiger partial charge is 0.353 e. The molecule has 2 aliphatic rings. The summed E-state index contributed by atoms with van der Waals surface area (Å²) in [4.78, 5) is 48.7. The van der Waals surface area contributed by atoms with Crippen LogP contribution in [-0.2, 0) is 20.1 Å². The lowest BCUT2D eigenvalue weighted by Gasteiger charge is -2.49. The van der Waals surface area contributed by atoms with Crippen molar-refractivity contribution in [3.63, 3.8) is 0 Å². The number of nitrogens with one attached hydrogen (secondary N) is 1. The number of hydrogen-bond acceptors (Lipinski definition) is 13. The monoisotopic (exact) mass is 615 g/mol. The van der Waals surface area contributed by atoms with Crippen molar-refractivity contribution >= 4 is 86.9 Å². The molecule has 2 amide bonds. The summed E-state index contributed by atoms with van der Waals surface area (Å²) in [6, 6.07) is 0.787. The number of anilines is 1. The number of carbonyl (C=O) groups is 3. The fraction of sp³-hybridized carbons (Fsp3) is 0.333. The number of amides is 2. The van der Waals surface area contributed by atoms with Gasteiger partial charge in [0.15, 0.2) is 10.8 Å². The van der Waals surface area contributed by atoms with E-state index in [1.54, 1.807) is 24.2 Å². The standard InChI is InChI=1S/C21H22ClN7O5S4/c22-16-12(27-21(24)38-16)13(28-34)17(30)26-14-18(31)29-15(20(32)33)11(8-36-19(14)29)37-10-2-4-25-6-9(10)7-35-5-1-3-23/h2,4,6,14,19,34H,1,3,5,7-8,23H2,(H2,24,27)(H,26,30)(H,32,33)/b28-13-/t14-,19+/m1/s1. The molecule has 1 saturated heterocycles. The molecule has 38 heavy (non-hydrogen) atoms. The number of thiazole rings is 1. The van der Waals surface area contributed by atoms with Gasteiger partial charge in [0.25, 0.3) is 11.8 Å². The molecular weight excluding hydrogens is 594 g/mol. The summed E-state index contributed by atoms with van der Waals surface area (Å²) in [5.41, 5.74) is 11.4. The van der Waals surface area contributed by atoms with Crippen LogP contribution in [0.4, 0.5) is 5.13 Å². The van der Waals surface area contributed by atoms with Crippen molar-refractivity contribution in [3.8, 4) is 0 Å². The second kappa shape index (κ2) is 12.6. The number of hydrogen-bond donors (Lipinski definition) is 5. The maximum absolute atomic E-state index is 13.0. The third kappa shape index (κ3) is 5.89. The number of fused-ring (bicyclic) bond motifs is 1. The third-order valence-electron chi connectivity index (χ3n) is 5.41. The van der Waals surface area contributed by atoms with Gasteiger partial charge >= 0.3 is 5.97 Å². The van der Waals surface area contributed by atoms with Gasteiger partial charge in [0.2, 0.25) is 0 Å². The van der Waals surface area contributed by atoms with E-state index in [0.717, 1.165) is 34.0 Å². The summed E-state index contributed by atoms with van der Waals surface area (Å²) in [7, 11) is 0. The molecule has 2 aromatic rings. The van der Waals surface area contributed by atoms with E-state index in [0.29, 0.717) is 23.0 Å². The fourth-order valence-corrected chi connectivity index (χ4v) is 8.22. The van der Waals surface area contributed by atoms with Crippen LogP contribution in [0.1, 0.15) is 17.7 Å². The number of thioether (sulfide) groups is 3. The van der Waals surface area contributed by atoms with Crippen LogP contribution >= 0.6 is 58.2 Å². The Kier molecular flexibility index (Phi) is 9.43. The molecule has 4 rings (SSSR count). The Morgan fingerprint density at radius 3 is 2.84 bits per heavy atom. The number of aromatic nitrogens is 2. The van der Waals surface area contributed by atoms with Crippen molar-refractivity contribution in [2.45, 2.75) is 28.5 Å². The summed E-state index contributed by atoms with van der Waals surface area (Å²) in [5.74, 6) is -0.832. The lowest BCUT2D eigenvalue weighted by molar-refractivity contribution is -0.150. The zero-order chi connectivity index (χ0) is 27.4. The van der Waals surface area contributed by atoms with Crippen LogP contribution < -0.4 is 16.8 Å². The van der Waals surface area contributed by atoms with Crippen LogP contribution in [0.3, 0.4) is 0 Å². The largest absolute Gasteiger partial charge is 0.477 e. The zero-order valence-electron chi connectivity index (χ0n) is 19.5. The van der Waals surface area contributed by atoms with E-state index in [9.17, 15) is 24.7 Å². The first-order valence-electron chi connectivity index (χ1n) is 11.0. The Labute approximate surface area is 238 Å². The molecule has 2 aliphatic heterocycles. The minimum Gasteiger partial charge on any atom is -0.477 e. The quantitative estimate of drug-likeness (QED) is 0.0811. The topological polar surface area (TPSA) is 197 Å². The molecule has 0 radical (unpaired) electrons. The highest BCUT2D eigenvalue weighted by molar-refractivity contribution is 8.06. The third-order valence-corrected chi connectivity index (χ3v) is 10.2. The molecule has 202 valence electrons. The fourth-order valence-electron chi connectivity index (χ4n) is 3.66. The molecule has 0 bridgehead atoms. The molecule has 2 aromatic heterocycles. The SMILES string of the molecule is NCCCSCc1cnccc1SC1=C(C(=O)O)N2C(=O)[C@@H](NC(=O)/C(=N\O)c3nc(N)sc3Cl)[C@@H]2SC1. The average Bonchev–Trinajstić information content (AvgIpc) is 3.23. The summed E-state index contributed by atoms with van der Waals surface area (Å²) in [6.45, 7) is 0.613. The first-order valence-corrected chi connectivity index (χ1v) is 15.2. The highest BCUT2D eigenvalue weighted by Gasteiger charge is 2.54. The molecule has 0 unspecified atom stereocenters. The van der Waals surface area contributed by atoms with Crippen molar-refractivity contribution in [2.24, 2.45) is 10.9 Å². The number of halogens is 1. The summed E-state index contributed by atoms with van der Waals surface area (Å²) < 4.78 is 0.0464. The van der Waals surface area contributed by atoms with Gasteiger partial charge in [-0.05, 0) is 30.3 Å². The Balaban J connectivity index is 1.50. The van der Waals surface area contributed by atoms with Crippen LogP contribution in [0.2, 0.25) is 4.34 Å². The van der Waals surface area contributed by atoms with Crippen molar-refractivity contribution in [1.29, 1.82) is 0 Å². The van der Waals surface area contributed by atoms with Gasteiger partial charge in [0.1, 0.15) is 27.1 Å². The van der Waals surface area contributed by atoms with Crippen molar-refractivity contribution in [1.82, 2.24) is 20.2 Å². The lowest BCUT2D eigenvalue weighted by Crippen LogP contribution is -2.71. The van der Waals surface area contributed by atoms with Crippen molar-refractivity contribution in [3.05, 3.63) is 44.7 Å². The van der Waals surface area contributed by atoms with E-state index in [2.05, 4.69) is 20.4 Å². The lowest BCUT2D eigenvalue weighted by atomic mass is 10.0. The van der Waals surface area contributed by atoms with E-state index < -0.39 is 34.9 Å². The summed E-state index contributed by atoms with van der Waals surface area (Å²) >= 11 is 11.2. The molecule has 12 nitrogen and oxygen atoms in total. The molecule has 2 atom stereocenters. The molecule has 0 aliphatic carbocycles. The number of carboxylic acid groups (broad SMARTS) is 1. The number of rotatable bonds is 11. The minimum atomic E-state index is -1.24. The molecule has 1 fully saturated rings. The summed E-state index contributed by atoms with van der Waals surface area (Å²) in [5, 5.41) is 24.3. The van der Waals surface area contributed by atoms with Crippen molar-refractivity contribution < 1.29 is 24.7 Å². The van der Waals surface area contributed by atoms with Crippen LogP contribution in [0, 0.1) is 0 Å². The number of nitrogens with two attached hydrogens (primary N) is 2. The molecule has 4 heterocycles. The van der Waals surface area contributed by atoms with E-state index in [1.165, 1.54) is 28.4 Å². The van der Waals surface area contributed by atoms with Gasteiger partial charge in [0.05, 0.1) is 0 Å². The highest BCUT2D eigenvalue weighted by Crippen LogP contribution is 2.46. The normalized spacial score (nSPS) is 19.3. The maximum atomic E-state index is 13.0. The van der Waals surface area contributed by atoms with E-state index in [-0.39, 0.29) is 20.9 Å². The molecule has 7 N–H and O–H groups in total. The Hall–Kier alpha value is -2.50. The van der Waals surface area contributed by atoms with Crippen LogP contribution in [0.15, 0.2) is 39.1 Å². The predicted octanol–water partition coefficient (Wildman–Crippen LogP) is 2.02. The first-order chi connectivity index (χ1) is 18.3. The number of carbonyl (C=O) groups excluding carboxylic acids is 2. The number of carboxylic acids is 1. The number of β-lactam (4-membered cyclic amide) rings is 1. The molecule has 0 spiro atoms. The predicted molar refractivity (Wildman–Crippen MR) is 149 cm³/mol. The van der Waals surface area contributed by atoms with E-state index >= 15 is 0 Å². The number of nitrogens with zero attached hydrogens (tertiary/aromatic N) is 4. The highest BCUT2D eigenvalue weighted by atomic mass is 35.5. The Morgan fingerprint density at radius 2 is 2.18 bits per heavy atom.